The number of methoxy groups -OCH3 is 3. The Morgan fingerprint density at radius 2 is 1.69 bits per heavy atom. The van der Waals surface area contributed by atoms with E-state index in [1.807, 2.05) is 0 Å². The largest absolute Gasteiger partial charge is 0.493 e. The molecule has 0 saturated carbocycles. The van der Waals surface area contributed by atoms with Crippen LogP contribution in [0.4, 0.5) is 0 Å². The fraction of sp³-hybridized carbons (Fsp3) is 0.500. The summed E-state index contributed by atoms with van der Waals surface area (Å²) in [5.74, 6) is -0.191. The van der Waals surface area contributed by atoms with Gasteiger partial charge in [0.15, 0.2) is 21.3 Å². The number of sulfone groups is 1. The van der Waals surface area contributed by atoms with Crippen LogP contribution < -0.4 is 25.1 Å². The van der Waals surface area contributed by atoms with E-state index in [-0.39, 0.29) is 29.4 Å². The van der Waals surface area contributed by atoms with Crippen LogP contribution in [0.15, 0.2) is 12.1 Å². The molecule has 1 aromatic carbocycles. The molecule has 9 nitrogen and oxygen atoms in total. The Hall–Kier alpha value is -2.49. The lowest BCUT2D eigenvalue weighted by molar-refractivity contribution is -0.122. The zero-order chi connectivity index (χ0) is 19.3. The van der Waals surface area contributed by atoms with Crippen molar-refractivity contribution in [1.82, 2.24) is 10.9 Å². The van der Waals surface area contributed by atoms with Gasteiger partial charge in [0.25, 0.3) is 5.91 Å². The second kappa shape index (κ2) is 8.26. The smallest absolute Gasteiger partial charge is 0.269 e. The molecule has 0 spiro atoms. The third-order valence-corrected chi connectivity index (χ3v) is 5.88. The molecule has 1 aliphatic heterocycles. The number of carbonyl (C=O) groups excluding carboxylic acids is 2. The highest BCUT2D eigenvalue weighted by atomic mass is 32.2. The van der Waals surface area contributed by atoms with Crippen molar-refractivity contribution in [3.05, 3.63) is 17.7 Å². The molecule has 1 unspecified atom stereocenters. The van der Waals surface area contributed by atoms with E-state index in [2.05, 4.69) is 10.9 Å². The topological polar surface area (TPSA) is 120 Å². The lowest BCUT2D eigenvalue weighted by atomic mass is 10.1. The van der Waals surface area contributed by atoms with Crippen LogP contribution in [0.1, 0.15) is 23.2 Å². The van der Waals surface area contributed by atoms with Crippen LogP contribution >= 0.6 is 0 Å². The van der Waals surface area contributed by atoms with Crippen LogP contribution in [0.5, 0.6) is 17.2 Å². The Bertz CT molecular complexity index is 767. The molecule has 2 rings (SSSR count). The summed E-state index contributed by atoms with van der Waals surface area (Å²) >= 11 is 0. The molecular formula is C16H22N2O7S. The maximum Gasteiger partial charge on any atom is 0.269 e. The van der Waals surface area contributed by atoms with Crippen molar-refractivity contribution in [3.8, 4) is 17.2 Å². The van der Waals surface area contributed by atoms with Gasteiger partial charge in [-0.1, -0.05) is 0 Å². The number of carbonyl (C=O) groups is 2. The van der Waals surface area contributed by atoms with E-state index in [9.17, 15) is 18.0 Å². The first-order valence-electron chi connectivity index (χ1n) is 7.89. The number of amides is 2. The lowest BCUT2D eigenvalue weighted by Gasteiger charge is -2.14. The Morgan fingerprint density at radius 3 is 2.15 bits per heavy atom. The average Bonchev–Trinajstić information content (AvgIpc) is 2.96. The zero-order valence-corrected chi connectivity index (χ0v) is 15.6. The van der Waals surface area contributed by atoms with E-state index in [1.54, 1.807) is 0 Å². The predicted octanol–water partition coefficient (Wildman–Crippen LogP) is 0.298. The molecule has 144 valence electrons. The average molecular weight is 386 g/mol. The number of benzene rings is 1. The van der Waals surface area contributed by atoms with Crippen LogP contribution in [0.3, 0.4) is 0 Å². The van der Waals surface area contributed by atoms with Crippen LogP contribution in [-0.4, -0.2) is 53.1 Å². The molecule has 0 aliphatic carbocycles. The molecule has 2 N–H and O–H groups in total. The van der Waals surface area contributed by atoms with Gasteiger partial charge in [0.1, 0.15) is 0 Å². The highest BCUT2D eigenvalue weighted by Crippen LogP contribution is 2.38. The molecule has 0 bridgehead atoms. The van der Waals surface area contributed by atoms with Gasteiger partial charge in [-0.15, -0.1) is 0 Å². The molecule has 1 heterocycles. The number of nitrogens with one attached hydrogen (secondary N) is 2. The number of hydrazine groups is 1. The van der Waals surface area contributed by atoms with Crippen LogP contribution in [-0.2, 0) is 14.6 Å². The molecule has 1 fully saturated rings. The molecular weight excluding hydrogens is 364 g/mol. The van der Waals surface area contributed by atoms with Gasteiger partial charge in [0.2, 0.25) is 11.7 Å². The summed E-state index contributed by atoms with van der Waals surface area (Å²) in [6, 6.07) is 2.90. The van der Waals surface area contributed by atoms with Crippen molar-refractivity contribution >= 4 is 21.7 Å². The number of hydrogen-bond donors (Lipinski definition) is 2. The van der Waals surface area contributed by atoms with E-state index in [0.29, 0.717) is 23.7 Å². The number of hydrogen-bond acceptors (Lipinski definition) is 7. The minimum absolute atomic E-state index is 0.00123. The minimum atomic E-state index is -3.04. The summed E-state index contributed by atoms with van der Waals surface area (Å²) < 4.78 is 38.4. The molecule has 0 radical (unpaired) electrons. The summed E-state index contributed by atoms with van der Waals surface area (Å²) in [7, 11) is 1.26. The maximum absolute atomic E-state index is 12.3. The molecule has 1 saturated heterocycles. The van der Waals surface area contributed by atoms with Gasteiger partial charge < -0.3 is 14.2 Å². The first-order chi connectivity index (χ1) is 12.3. The van der Waals surface area contributed by atoms with Crippen molar-refractivity contribution in [3.63, 3.8) is 0 Å². The standard InChI is InChI=1S/C16H22N2O7S/c1-23-12-7-11(8-13(24-2)15(12)25-3)16(20)18-17-14(19)6-10-4-5-26(21,22)9-10/h7-8,10H,4-6,9H2,1-3H3,(H,17,19)(H,18,20). The fourth-order valence-electron chi connectivity index (χ4n) is 2.76. The van der Waals surface area contributed by atoms with Crippen molar-refractivity contribution in [2.45, 2.75) is 12.8 Å². The zero-order valence-electron chi connectivity index (χ0n) is 14.8. The third kappa shape index (κ3) is 4.78. The van der Waals surface area contributed by atoms with Gasteiger partial charge in [0, 0.05) is 12.0 Å². The molecule has 2 amide bonds. The fourth-order valence-corrected chi connectivity index (χ4v) is 4.62. The van der Waals surface area contributed by atoms with E-state index in [1.165, 1.54) is 33.5 Å². The number of rotatable bonds is 6. The summed E-state index contributed by atoms with van der Waals surface area (Å²) in [5, 5.41) is 0. The Morgan fingerprint density at radius 1 is 1.08 bits per heavy atom. The van der Waals surface area contributed by atoms with E-state index in [0.717, 1.165) is 0 Å². The van der Waals surface area contributed by atoms with Crippen molar-refractivity contribution in [2.24, 2.45) is 5.92 Å². The lowest BCUT2D eigenvalue weighted by Crippen LogP contribution is -2.42. The summed E-state index contributed by atoms with van der Waals surface area (Å²) in [5.41, 5.74) is 4.78. The molecule has 0 aromatic heterocycles. The Labute approximate surface area is 151 Å². The van der Waals surface area contributed by atoms with E-state index in [4.69, 9.17) is 14.2 Å². The van der Waals surface area contributed by atoms with E-state index >= 15 is 0 Å². The first-order valence-corrected chi connectivity index (χ1v) is 9.71. The third-order valence-electron chi connectivity index (χ3n) is 4.04. The summed E-state index contributed by atoms with van der Waals surface area (Å²) in [4.78, 5) is 24.2. The van der Waals surface area contributed by atoms with Gasteiger partial charge >= 0.3 is 0 Å². The molecule has 26 heavy (non-hydrogen) atoms. The predicted molar refractivity (Wildman–Crippen MR) is 93.1 cm³/mol. The van der Waals surface area contributed by atoms with Gasteiger partial charge in [-0.25, -0.2) is 8.42 Å². The Kier molecular flexibility index (Phi) is 6.30. The summed E-state index contributed by atoms with van der Waals surface area (Å²) in [6.07, 6.45) is 0.491. The normalized spacial score (nSPS) is 18.0. The quantitative estimate of drug-likeness (QED) is 0.675. The Balaban J connectivity index is 1.98. The van der Waals surface area contributed by atoms with Crippen molar-refractivity contribution in [2.75, 3.05) is 32.8 Å². The SMILES string of the molecule is COc1cc(C(=O)NNC(=O)CC2CCS(=O)(=O)C2)cc(OC)c1OC. The maximum atomic E-state index is 12.3. The van der Waals surface area contributed by atoms with Gasteiger partial charge in [-0.05, 0) is 24.5 Å². The van der Waals surface area contributed by atoms with Crippen molar-refractivity contribution < 1.29 is 32.2 Å². The second-order valence-electron chi connectivity index (χ2n) is 5.89. The number of ether oxygens (including phenoxy) is 3. The molecule has 10 heteroatoms. The van der Waals surface area contributed by atoms with E-state index < -0.39 is 21.7 Å². The minimum Gasteiger partial charge on any atom is -0.493 e. The van der Waals surface area contributed by atoms with Crippen LogP contribution in [0, 0.1) is 5.92 Å². The van der Waals surface area contributed by atoms with Crippen LogP contribution in [0.2, 0.25) is 0 Å². The van der Waals surface area contributed by atoms with Gasteiger partial charge in [-0.2, -0.15) is 0 Å². The van der Waals surface area contributed by atoms with Crippen LogP contribution in [0.25, 0.3) is 0 Å². The first kappa shape index (κ1) is 19.8. The van der Waals surface area contributed by atoms with Gasteiger partial charge in [-0.3, -0.25) is 20.4 Å². The van der Waals surface area contributed by atoms with Crippen molar-refractivity contribution in [1.29, 1.82) is 0 Å². The highest BCUT2D eigenvalue weighted by molar-refractivity contribution is 7.91. The molecule has 1 aliphatic rings. The molecule has 1 aromatic rings. The van der Waals surface area contributed by atoms with Gasteiger partial charge in [0.05, 0.1) is 32.8 Å². The second-order valence-corrected chi connectivity index (χ2v) is 8.12. The molecule has 1 atom stereocenters. The monoisotopic (exact) mass is 386 g/mol. The highest BCUT2D eigenvalue weighted by Gasteiger charge is 2.29. The summed E-state index contributed by atoms with van der Waals surface area (Å²) in [6.45, 7) is 0.